The standard InChI is InChI=1S/C19H18Cl2FN3O2S/c1-11-10-14(20)12(2)18(16(11)21)28(26,27)24-17(19-23-8-9-25(19)3)13-6-4-5-7-15(13)22/h4-10,17,24H,1-3H3. The van der Waals surface area contributed by atoms with Crippen LogP contribution in [0.2, 0.25) is 10.0 Å². The van der Waals surface area contributed by atoms with Crippen molar-refractivity contribution in [3.8, 4) is 0 Å². The van der Waals surface area contributed by atoms with Gasteiger partial charge in [0.15, 0.2) is 0 Å². The van der Waals surface area contributed by atoms with Gasteiger partial charge in [0.2, 0.25) is 10.0 Å². The maximum absolute atomic E-state index is 14.5. The van der Waals surface area contributed by atoms with Crippen molar-refractivity contribution in [1.82, 2.24) is 14.3 Å². The molecule has 1 heterocycles. The summed E-state index contributed by atoms with van der Waals surface area (Å²) in [6.07, 6.45) is 3.17. The summed E-state index contributed by atoms with van der Waals surface area (Å²) in [5.41, 5.74) is 0.988. The van der Waals surface area contributed by atoms with Crippen molar-refractivity contribution in [2.24, 2.45) is 7.05 Å². The molecule has 2 aromatic carbocycles. The molecule has 1 unspecified atom stereocenters. The first-order chi connectivity index (χ1) is 13.1. The molecule has 0 aliphatic rings. The molecule has 0 fully saturated rings. The van der Waals surface area contributed by atoms with Gasteiger partial charge < -0.3 is 4.57 Å². The van der Waals surface area contributed by atoms with Crippen LogP contribution in [0.25, 0.3) is 0 Å². The Labute approximate surface area is 173 Å². The first-order valence-electron chi connectivity index (χ1n) is 8.32. The van der Waals surface area contributed by atoms with Gasteiger partial charge in [0.25, 0.3) is 0 Å². The molecule has 0 radical (unpaired) electrons. The predicted octanol–water partition coefficient (Wildman–Crippen LogP) is 4.55. The normalized spacial score (nSPS) is 12.9. The number of hydrogen-bond acceptors (Lipinski definition) is 3. The third kappa shape index (κ3) is 3.80. The van der Waals surface area contributed by atoms with Gasteiger partial charge in [-0.15, -0.1) is 0 Å². The Morgan fingerprint density at radius 3 is 2.50 bits per heavy atom. The van der Waals surface area contributed by atoms with Crippen LogP contribution in [0.4, 0.5) is 4.39 Å². The van der Waals surface area contributed by atoms with Gasteiger partial charge in [0.05, 0.1) is 5.02 Å². The zero-order valence-corrected chi connectivity index (χ0v) is 17.7. The molecule has 0 saturated heterocycles. The summed E-state index contributed by atoms with van der Waals surface area (Å²) in [4.78, 5) is 4.07. The summed E-state index contributed by atoms with van der Waals surface area (Å²) in [6, 6.07) is 6.48. The van der Waals surface area contributed by atoms with Crippen LogP contribution in [0.5, 0.6) is 0 Å². The Balaban J connectivity index is 2.17. The summed E-state index contributed by atoms with van der Waals surface area (Å²) in [6.45, 7) is 3.24. The molecule has 3 rings (SSSR count). The Morgan fingerprint density at radius 2 is 1.89 bits per heavy atom. The fourth-order valence-corrected chi connectivity index (χ4v) is 5.35. The third-order valence-electron chi connectivity index (χ3n) is 4.46. The van der Waals surface area contributed by atoms with Gasteiger partial charge in [-0.05, 0) is 37.1 Å². The number of nitrogens with one attached hydrogen (secondary N) is 1. The van der Waals surface area contributed by atoms with E-state index < -0.39 is 21.9 Å². The van der Waals surface area contributed by atoms with Crippen LogP contribution in [-0.4, -0.2) is 18.0 Å². The highest BCUT2D eigenvalue weighted by Gasteiger charge is 2.31. The lowest BCUT2D eigenvalue weighted by molar-refractivity contribution is 0.544. The van der Waals surface area contributed by atoms with E-state index in [2.05, 4.69) is 9.71 Å². The van der Waals surface area contributed by atoms with E-state index in [-0.39, 0.29) is 20.5 Å². The second kappa shape index (κ2) is 7.83. The molecule has 0 amide bonds. The largest absolute Gasteiger partial charge is 0.336 e. The van der Waals surface area contributed by atoms with Crippen molar-refractivity contribution in [2.75, 3.05) is 0 Å². The lowest BCUT2D eigenvalue weighted by Gasteiger charge is -2.21. The smallest absolute Gasteiger partial charge is 0.243 e. The van der Waals surface area contributed by atoms with E-state index in [1.165, 1.54) is 24.4 Å². The van der Waals surface area contributed by atoms with Crippen molar-refractivity contribution in [2.45, 2.75) is 24.8 Å². The first kappa shape index (κ1) is 20.8. The molecule has 9 heteroatoms. The molecule has 0 saturated carbocycles. The van der Waals surface area contributed by atoms with Crippen LogP contribution in [0, 0.1) is 19.7 Å². The molecule has 1 aromatic heterocycles. The highest BCUT2D eigenvalue weighted by molar-refractivity contribution is 7.89. The van der Waals surface area contributed by atoms with Crippen molar-refractivity contribution in [1.29, 1.82) is 0 Å². The number of imidazole rings is 1. The number of sulfonamides is 1. The SMILES string of the molecule is Cc1cc(Cl)c(C)c(S(=O)(=O)NC(c2ccccc2F)c2nccn2C)c1Cl. The average molecular weight is 442 g/mol. The van der Waals surface area contributed by atoms with Gasteiger partial charge in [-0.2, -0.15) is 4.72 Å². The van der Waals surface area contributed by atoms with E-state index in [0.717, 1.165) is 0 Å². The van der Waals surface area contributed by atoms with Gasteiger partial charge in [-0.3, -0.25) is 0 Å². The minimum absolute atomic E-state index is 0.0709. The van der Waals surface area contributed by atoms with Crippen molar-refractivity contribution < 1.29 is 12.8 Å². The number of hydrogen-bond donors (Lipinski definition) is 1. The topological polar surface area (TPSA) is 64.0 Å². The second-order valence-electron chi connectivity index (χ2n) is 6.42. The van der Waals surface area contributed by atoms with Crippen molar-refractivity contribution in [3.63, 3.8) is 0 Å². The maximum atomic E-state index is 14.5. The van der Waals surface area contributed by atoms with E-state index >= 15 is 0 Å². The Bertz CT molecular complexity index is 1120. The number of aromatic nitrogens is 2. The number of benzene rings is 2. The van der Waals surface area contributed by atoms with Crippen LogP contribution >= 0.6 is 23.2 Å². The fraction of sp³-hybridized carbons (Fsp3) is 0.211. The third-order valence-corrected chi connectivity index (χ3v) is 7.05. The highest BCUT2D eigenvalue weighted by atomic mass is 35.5. The van der Waals surface area contributed by atoms with Crippen LogP contribution in [-0.2, 0) is 17.1 Å². The summed E-state index contributed by atoms with van der Waals surface area (Å²) < 4.78 is 45.2. The molecule has 148 valence electrons. The second-order valence-corrected chi connectivity index (χ2v) is 8.85. The fourth-order valence-electron chi connectivity index (χ4n) is 2.97. The van der Waals surface area contributed by atoms with Gasteiger partial charge in [-0.1, -0.05) is 41.4 Å². The number of halogens is 3. The minimum atomic E-state index is -4.16. The molecule has 0 aliphatic heterocycles. The lowest BCUT2D eigenvalue weighted by Crippen LogP contribution is -2.32. The van der Waals surface area contributed by atoms with E-state index in [0.29, 0.717) is 17.0 Å². The molecule has 5 nitrogen and oxygen atoms in total. The zero-order chi connectivity index (χ0) is 20.6. The van der Waals surface area contributed by atoms with Gasteiger partial charge in [0, 0.05) is 30.0 Å². The number of aryl methyl sites for hydroxylation is 2. The summed E-state index contributed by atoms with van der Waals surface area (Å²) >= 11 is 12.5. The number of nitrogens with zero attached hydrogens (tertiary/aromatic N) is 2. The first-order valence-corrected chi connectivity index (χ1v) is 10.6. The molecule has 0 aliphatic carbocycles. The van der Waals surface area contributed by atoms with Crippen molar-refractivity contribution >= 4 is 33.2 Å². The molecular weight excluding hydrogens is 424 g/mol. The molecule has 3 aromatic rings. The summed E-state index contributed by atoms with van der Waals surface area (Å²) in [5.74, 6) is -0.218. The van der Waals surface area contributed by atoms with Crippen LogP contribution < -0.4 is 4.72 Å². The average Bonchev–Trinajstić information content (AvgIpc) is 3.04. The molecular formula is C19H18Cl2FN3O2S. The Morgan fingerprint density at radius 1 is 1.21 bits per heavy atom. The van der Waals surface area contributed by atoms with Crippen LogP contribution in [0.1, 0.15) is 28.6 Å². The zero-order valence-electron chi connectivity index (χ0n) is 15.4. The van der Waals surface area contributed by atoms with Gasteiger partial charge in [0.1, 0.15) is 22.6 Å². The maximum Gasteiger partial charge on any atom is 0.243 e. The van der Waals surface area contributed by atoms with Crippen LogP contribution in [0.15, 0.2) is 47.6 Å². The number of rotatable bonds is 5. The summed E-state index contributed by atoms with van der Waals surface area (Å²) in [7, 11) is -2.46. The molecule has 1 atom stereocenters. The van der Waals surface area contributed by atoms with Crippen molar-refractivity contribution in [3.05, 3.63) is 81.1 Å². The predicted molar refractivity (Wildman–Crippen MR) is 108 cm³/mol. The molecule has 28 heavy (non-hydrogen) atoms. The van der Waals surface area contributed by atoms with Crippen LogP contribution in [0.3, 0.4) is 0 Å². The molecule has 1 N–H and O–H groups in total. The Kier molecular flexibility index (Phi) is 5.82. The summed E-state index contributed by atoms with van der Waals surface area (Å²) in [5, 5.41) is 0.350. The van der Waals surface area contributed by atoms with Gasteiger partial charge >= 0.3 is 0 Å². The molecule has 0 spiro atoms. The molecule has 0 bridgehead atoms. The minimum Gasteiger partial charge on any atom is -0.336 e. The van der Waals surface area contributed by atoms with E-state index in [1.807, 2.05) is 0 Å². The van der Waals surface area contributed by atoms with Gasteiger partial charge in [-0.25, -0.2) is 17.8 Å². The quantitative estimate of drug-likeness (QED) is 0.631. The monoisotopic (exact) mass is 441 g/mol. The van der Waals surface area contributed by atoms with E-state index in [1.54, 1.807) is 43.8 Å². The highest BCUT2D eigenvalue weighted by Crippen LogP contribution is 2.35. The Hall–Kier alpha value is -1.93. The lowest BCUT2D eigenvalue weighted by atomic mass is 10.1. The van der Waals surface area contributed by atoms with E-state index in [9.17, 15) is 12.8 Å². The van der Waals surface area contributed by atoms with E-state index in [4.69, 9.17) is 23.2 Å².